The van der Waals surface area contributed by atoms with E-state index in [0.29, 0.717) is 5.56 Å². The van der Waals surface area contributed by atoms with Crippen molar-refractivity contribution in [2.45, 2.75) is 33.0 Å². The van der Waals surface area contributed by atoms with E-state index in [0.717, 1.165) is 5.69 Å². The van der Waals surface area contributed by atoms with Gasteiger partial charge in [0.25, 0.3) is 0 Å². The van der Waals surface area contributed by atoms with Gasteiger partial charge < -0.3 is 4.74 Å². The lowest BCUT2D eigenvalue weighted by Crippen LogP contribution is -2.26. The van der Waals surface area contributed by atoms with Gasteiger partial charge in [-0.15, -0.1) is 0 Å². The van der Waals surface area contributed by atoms with Crippen LogP contribution in [-0.2, 0) is 4.74 Å². The molecule has 1 aliphatic heterocycles. The fourth-order valence-corrected chi connectivity index (χ4v) is 3.08. The van der Waals surface area contributed by atoms with Crippen LogP contribution < -0.4 is 0 Å². The molecule has 1 fully saturated rings. The molecule has 4 heteroatoms. The van der Waals surface area contributed by atoms with Gasteiger partial charge in [-0.3, -0.25) is 4.79 Å². The summed E-state index contributed by atoms with van der Waals surface area (Å²) in [5.41, 5.74) is 1.61. The van der Waals surface area contributed by atoms with Crippen molar-refractivity contribution in [3.05, 3.63) is 48.3 Å². The summed E-state index contributed by atoms with van der Waals surface area (Å²) in [4.78, 5) is 12.7. The number of ether oxygens (including phenoxy) is 1. The molecule has 0 bridgehead atoms. The highest BCUT2D eigenvalue weighted by molar-refractivity contribution is 5.98. The molecule has 1 aromatic heterocycles. The van der Waals surface area contributed by atoms with Crippen molar-refractivity contribution in [3.8, 4) is 5.69 Å². The summed E-state index contributed by atoms with van der Waals surface area (Å²) in [6.45, 7) is 6.09. The van der Waals surface area contributed by atoms with Crippen LogP contribution in [0.25, 0.3) is 5.69 Å². The molecule has 4 nitrogen and oxygen atoms in total. The van der Waals surface area contributed by atoms with Crippen LogP contribution in [0.15, 0.2) is 42.7 Å². The molecule has 0 spiro atoms. The Morgan fingerprint density at radius 3 is 2.48 bits per heavy atom. The highest BCUT2D eigenvalue weighted by Gasteiger charge is 2.42. The van der Waals surface area contributed by atoms with Gasteiger partial charge in [0.2, 0.25) is 0 Å². The lowest BCUT2D eigenvalue weighted by Gasteiger charge is -2.15. The molecule has 0 radical (unpaired) electrons. The Balaban J connectivity index is 1.85. The van der Waals surface area contributed by atoms with Gasteiger partial charge in [-0.25, -0.2) is 4.68 Å². The van der Waals surface area contributed by atoms with Crippen molar-refractivity contribution < 1.29 is 9.53 Å². The van der Waals surface area contributed by atoms with Crippen molar-refractivity contribution in [3.63, 3.8) is 0 Å². The van der Waals surface area contributed by atoms with Gasteiger partial charge in [0.05, 0.1) is 35.6 Å². The summed E-state index contributed by atoms with van der Waals surface area (Å²) in [6, 6.07) is 9.80. The fourth-order valence-electron chi connectivity index (χ4n) is 3.08. The summed E-state index contributed by atoms with van der Waals surface area (Å²) >= 11 is 0. The maximum absolute atomic E-state index is 12.7. The fraction of sp³-hybridized carbons (Fsp3) is 0.412. The number of para-hydroxylation sites is 1. The van der Waals surface area contributed by atoms with Crippen LogP contribution in [0.3, 0.4) is 0 Å². The third-order valence-corrected chi connectivity index (χ3v) is 4.43. The third-order valence-electron chi connectivity index (χ3n) is 4.43. The van der Waals surface area contributed by atoms with Crippen LogP contribution in [0.1, 0.15) is 31.1 Å². The Morgan fingerprint density at radius 1 is 1.14 bits per heavy atom. The van der Waals surface area contributed by atoms with Crippen molar-refractivity contribution in [2.75, 3.05) is 0 Å². The molecular weight excluding hydrogens is 264 g/mol. The molecule has 110 valence electrons. The minimum Gasteiger partial charge on any atom is -0.374 e. The van der Waals surface area contributed by atoms with E-state index in [1.54, 1.807) is 17.1 Å². The van der Waals surface area contributed by atoms with Crippen molar-refractivity contribution in [2.24, 2.45) is 11.8 Å². The van der Waals surface area contributed by atoms with Gasteiger partial charge in [0.1, 0.15) is 0 Å². The van der Waals surface area contributed by atoms with Crippen molar-refractivity contribution in [1.82, 2.24) is 9.78 Å². The number of carbonyl (C=O) groups excluding carboxylic acids is 1. The number of aromatic nitrogens is 2. The molecule has 21 heavy (non-hydrogen) atoms. The predicted molar refractivity (Wildman–Crippen MR) is 80.6 cm³/mol. The number of hydrogen-bond donors (Lipinski definition) is 0. The van der Waals surface area contributed by atoms with Crippen LogP contribution in [0.5, 0.6) is 0 Å². The summed E-state index contributed by atoms with van der Waals surface area (Å²) in [7, 11) is 0. The third kappa shape index (κ3) is 2.51. The first kappa shape index (κ1) is 14.0. The smallest absolute Gasteiger partial charge is 0.172 e. The average Bonchev–Trinajstić information content (AvgIpc) is 3.06. The van der Waals surface area contributed by atoms with E-state index >= 15 is 0 Å². The second-order valence-corrected chi connectivity index (χ2v) is 5.80. The number of benzene rings is 1. The minimum atomic E-state index is -0.0894. The van der Waals surface area contributed by atoms with Gasteiger partial charge in [-0.2, -0.15) is 5.10 Å². The standard InChI is InChI=1S/C17H20N2O2/c1-11-12(2)21-13(3)16(11)17(20)14-9-18-19(10-14)15-7-5-4-6-8-15/h4-13,16H,1-3H3. The minimum absolute atomic E-state index is 0.0393. The van der Waals surface area contributed by atoms with E-state index in [2.05, 4.69) is 12.0 Å². The Kier molecular flexibility index (Phi) is 3.64. The molecule has 0 saturated carbocycles. The normalized spacial score (nSPS) is 28.7. The van der Waals surface area contributed by atoms with E-state index in [4.69, 9.17) is 4.74 Å². The number of carbonyl (C=O) groups is 1. The summed E-state index contributed by atoms with van der Waals surface area (Å²) in [5, 5.41) is 4.30. The Morgan fingerprint density at radius 2 is 1.86 bits per heavy atom. The molecule has 0 aliphatic carbocycles. The summed E-state index contributed by atoms with van der Waals surface area (Å²) in [6.07, 6.45) is 3.54. The number of nitrogens with zero attached hydrogens (tertiary/aromatic N) is 2. The second kappa shape index (κ2) is 5.45. The SMILES string of the molecule is CC1OC(C)C(C(=O)c2cnn(-c3ccccc3)c2)C1C. The van der Waals surface area contributed by atoms with Crippen molar-refractivity contribution >= 4 is 5.78 Å². The molecule has 1 saturated heterocycles. The summed E-state index contributed by atoms with van der Waals surface area (Å²) < 4.78 is 7.51. The van der Waals surface area contributed by atoms with Crippen LogP contribution in [0, 0.1) is 11.8 Å². The van der Waals surface area contributed by atoms with Crippen LogP contribution >= 0.6 is 0 Å². The topological polar surface area (TPSA) is 44.1 Å². The van der Waals surface area contributed by atoms with Crippen molar-refractivity contribution in [1.29, 1.82) is 0 Å². The van der Waals surface area contributed by atoms with Gasteiger partial charge >= 0.3 is 0 Å². The quantitative estimate of drug-likeness (QED) is 0.813. The number of ketones is 1. The van der Waals surface area contributed by atoms with Crippen LogP contribution in [-0.4, -0.2) is 27.8 Å². The van der Waals surface area contributed by atoms with Gasteiger partial charge in [-0.05, 0) is 31.9 Å². The van der Waals surface area contributed by atoms with Gasteiger partial charge in [-0.1, -0.05) is 25.1 Å². The first-order valence-corrected chi connectivity index (χ1v) is 7.37. The van der Waals surface area contributed by atoms with Gasteiger partial charge in [0, 0.05) is 6.20 Å². The Bertz CT molecular complexity index is 635. The average molecular weight is 284 g/mol. The van der Waals surface area contributed by atoms with E-state index in [1.807, 2.05) is 44.2 Å². The molecule has 1 aliphatic rings. The number of hydrogen-bond acceptors (Lipinski definition) is 3. The maximum atomic E-state index is 12.7. The first-order chi connectivity index (χ1) is 10.1. The number of rotatable bonds is 3. The molecule has 0 amide bonds. The molecule has 2 aromatic rings. The van der Waals surface area contributed by atoms with Gasteiger partial charge in [0.15, 0.2) is 5.78 Å². The maximum Gasteiger partial charge on any atom is 0.172 e. The lowest BCUT2D eigenvalue weighted by molar-refractivity contribution is 0.0491. The molecule has 4 unspecified atom stereocenters. The highest BCUT2D eigenvalue weighted by Crippen LogP contribution is 2.34. The van der Waals surface area contributed by atoms with Crippen LogP contribution in [0.2, 0.25) is 0 Å². The van der Waals surface area contributed by atoms with E-state index < -0.39 is 0 Å². The second-order valence-electron chi connectivity index (χ2n) is 5.80. The van der Waals surface area contributed by atoms with Crippen LogP contribution in [0.4, 0.5) is 0 Å². The molecule has 4 atom stereocenters. The predicted octanol–water partition coefficient (Wildman–Crippen LogP) is 3.11. The molecule has 2 heterocycles. The zero-order chi connectivity index (χ0) is 15.0. The van der Waals surface area contributed by atoms with E-state index in [1.165, 1.54) is 0 Å². The zero-order valence-corrected chi connectivity index (χ0v) is 12.6. The first-order valence-electron chi connectivity index (χ1n) is 7.37. The Hall–Kier alpha value is -1.94. The largest absolute Gasteiger partial charge is 0.374 e. The summed E-state index contributed by atoms with van der Waals surface area (Å²) in [5.74, 6) is 0.266. The molecule has 0 N–H and O–H groups in total. The highest BCUT2D eigenvalue weighted by atomic mass is 16.5. The lowest BCUT2D eigenvalue weighted by atomic mass is 9.84. The molecule has 3 rings (SSSR count). The molecule has 1 aromatic carbocycles. The van der Waals surface area contributed by atoms with E-state index in [9.17, 15) is 4.79 Å². The zero-order valence-electron chi connectivity index (χ0n) is 12.6. The van der Waals surface area contributed by atoms with E-state index in [-0.39, 0.29) is 29.8 Å². The monoisotopic (exact) mass is 284 g/mol. The Labute approximate surface area is 124 Å². The number of Topliss-reactive ketones (excluding diaryl/α,β-unsaturated/α-hetero) is 1. The molecular formula is C17H20N2O2.